The quantitative estimate of drug-likeness (QED) is 0.689. The molecule has 0 aromatic heterocycles. The van der Waals surface area contributed by atoms with Gasteiger partial charge in [0.1, 0.15) is 0 Å². The van der Waals surface area contributed by atoms with E-state index in [4.69, 9.17) is 0 Å². The number of likely N-dealkylation sites (tertiary alicyclic amines) is 1. The van der Waals surface area contributed by atoms with Crippen molar-refractivity contribution in [3.8, 4) is 0 Å². The summed E-state index contributed by atoms with van der Waals surface area (Å²) in [4.78, 5) is 5.19. The Morgan fingerprint density at radius 2 is 2.11 bits per heavy atom. The minimum absolute atomic E-state index is 0.785. The lowest BCUT2D eigenvalue weighted by molar-refractivity contribution is 0.184. The van der Waals surface area contributed by atoms with Gasteiger partial charge in [-0.15, -0.1) is 0 Å². The van der Waals surface area contributed by atoms with Crippen molar-refractivity contribution in [1.82, 2.24) is 4.90 Å². The smallest absolute Gasteiger partial charge is 0.0434 e. The molecule has 0 spiro atoms. The molecule has 2 nitrogen and oxygen atoms in total. The average Bonchev–Trinajstić information content (AvgIpc) is 2.40. The lowest BCUT2D eigenvalue weighted by Gasteiger charge is -2.48. The molecule has 0 saturated carbocycles. The van der Waals surface area contributed by atoms with E-state index in [1.54, 1.807) is 16.8 Å². The van der Waals surface area contributed by atoms with Crippen LogP contribution in [0.15, 0.2) is 18.2 Å². The van der Waals surface area contributed by atoms with Crippen molar-refractivity contribution in [1.29, 1.82) is 0 Å². The molecule has 18 heavy (non-hydrogen) atoms. The fraction of sp³-hybridized carbons (Fsp3) is 0.625. The molecule has 0 bridgehead atoms. The molecular formula is C16H22N2. The van der Waals surface area contributed by atoms with Gasteiger partial charge in [-0.3, -0.25) is 0 Å². The zero-order chi connectivity index (χ0) is 12.1. The molecule has 2 unspecified atom stereocenters. The second-order valence-corrected chi connectivity index (χ2v) is 6.32. The summed E-state index contributed by atoms with van der Waals surface area (Å²) < 4.78 is 0. The van der Waals surface area contributed by atoms with Crippen LogP contribution < -0.4 is 4.90 Å². The Kier molecular flexibility index (Phi) is 2.41. The van der Waals surface area contributed by atoms with E-state index < -0.39 is 0 Å². The Morgan fingerprint density at radius 3 is 3.06 bits per heavy atom. The van der Waals surface area contributed by atoms with Crippen molar-refractivity contribution >= 4 is 5.69 Å². The summed E-state index contributed by atoms with van der Waals surface area (Å²) in [5.74, 6) is 1.68. The standard InChI is InChI=1S/C16H22N2/c1-17-9-7-13-10-18-8-3-5-12-4-2-6-14(16(12)18)15(13)11-17/h2,4,6,13,15H,3,5,7-11H2,1H3. The third kappa shape index (κ3) is 1.51. The molecule has 3 aliphatic rings. The molecular weight excluding hydrogens is 220 g/mol. The van der Waals surface area contributed by atoms with Crippen LogP contribution in [0.25, 0.3) is 0 Å². The van der Waals surface area contributed by atoms with Crippen molar-refractivity contribution < 1.29 is 0 Å². The van der Waals surface area contributed by atoms with Gasteiger partial charge in [0.25, 0.3) is 0 Å². The zero-order valence-corrected chi connectivity index (χ0v) is 11.2. The van der Waals surface area contributed by atoms with Crippen LogP contribution in [-0.4, -0.2) is 38.1 Å². The number of anilines is 1. The van der Waals surface area contributed by atoms with Crippen LogP contribution in [0.5, 0.6) is 0 Å². The Bertz CT molecular complexity index is 468. The highest BCUT2D eigenvalue weighted by Gasteiger charge is 2.38. The average molecular weight is 242 g/mol. The second-order valence-electron chi connectivity index (χ2n) is 6.32. The van der Waals surface area contributed by atoms with Crippen LogP contribution in [-0.2, 0) is 6.42 Å². The first-order valence-corrected chi connectivity index (χ1v) is 7.38. The molecule has 1 aromatic carbocycles. The molecule has 4 rings (SSSR count). The van der Waals surface area contributed by atoms with E-state index in [2.05, 4.69) is 35.0 Å². The maximum absolute atomic E-state index is 2.68. The maximum Gasteiger partial charge on any atom is 0.0434 e. The molecule has 1 aromatic rings. The molecule has 3 heterocycles. The van der Waals surface area contributed by atoms with Crippen LogP contribution in [0.3, 0.4) is 0 Å². The van der Waals surface area contributed by atoms with E-state index in [9.17, 15) is 0 Å². The maximum atomic E-state index is 2.68. The van der Waals surface area contributed by atoms with Crippen molar-refractivity contribution in [3.05, 3.63) is 29.3 Å². The van der Waals surface area contributed by atoms with E-state index in [0.717, 1.165) is 11.8 Å². The van der Waals surface area contributed by atoms with Gasteiger partial charge in [0, 0.05) is 31.2 Å². The minimum Gasteiger partial charge on any atom is -0.371 e. The first kappa shape index (κ1) is 10.9. The summed E-state index contributed by atoms with van der Waals surface area (Å²) in [5, 5.41) is 0. The topological polar surface area (TPSA) is 6.48 Å². The minimum atomic E-state index is 0.785. The number of fused-ring (bicyclic) bond motifs is 2. The molecule has 3 aliphatic heterocycles. The van der Waals surface area contributed by atoms with E-state index in [0.29, 0.717) is 0 Å². The van der Waals surface area contributed by atoms with Crippen LogP contribution in [0.2, 0.25) is 0 Å². The highest BCUT2D eigenvalue weighted by molar-refractivity contribution is 5.64. The van der Waals surface area contributed by atoms with Crippen molar-refractivity contribution in [3.63, 3.8) is 0 Å². The normalized spacial score (nSPS) is 30.8. The number of hydrogen-bond donors (Lipinski definition) is 0. The third-order valence-electron chi connectivity index (χ3n) is 5.15. The number of rotatable bonds is 0. The first-order chi connectivity index (χ1) is 8.83. The van der Waals surface area contributed by atoms with Crippen LogP contribution in [0.1, 0.15) is 29.9 Å². The molecule has 96 valence electrons. The number of hydrogen-bond acceptors (Lipinski definition) is 2. The van der Waals surface area contributed by atoms with E-state index in [1.807, 2.05) is 0 Å². The van der Waals surface area contributed by atoms with Gasteiger partial charge in [0.05, 0.1) is 0 Å². The predicted molar refractivity (Wildman–Crippen MR) is 75.3 cm³/mol. The number of aryl methyl sites for hydroxylation is 1. The summed E-state index contributed by atoms with van der Waals surface area (Å²) in [7, 11) is 2.28. The van der Waals surface area contributed by atoms with Gasteiger partial charge < -0.3 is 9.80 Å². The van der Waals surface area contributed by atoms with Gasteiger partial charge in [-0.1, -0.05) is 18.2 Å². The number of benzene rings is 1. The van der Waals surface area contributed by atoms with E-state index >= 15 is 0 Å². The van der Waals surface area contributed by atoms with Crippen molar-refractivity contribution in [2.75, 3.05) is 38.1 Å². The molecule has 2 atom stereocenters. The Hall–Kier alpha value is -1.02. The molecule has 0 N–H and O–H groups in total. The Labute approximate surface area is 110 Å². The second kappa shape index (κ2) is 3.99. The molecule has 0 radical (unpaired) electrons. The number of para-hydroxylation sites is 1. The first-order valence-electron chi connectivity index (χ1n) is 7.38. The lowest BCUT2D eigenvalue weighted by Crippen LogP contribution is -2.47. The number of nitrogens with zero attached hydrogens (tertiary/aromatic N) is 2. The van der Waals surface area contributed by atoms with Gasteiger partial charge in [0.2, 0.25) is 0 Å². The lowest BCUT2D eigenvalue weighted by atomic mass is 9.75. The largest absolute Gasteiger partial charge is 0.371 e. The SMILES string of the molecule is CN1CCC2CN3CCCc4cccc(c43)C2C1. The summed E-state index contributed by atoms with van der Waals surface area (Å²) in [6.07, 6.45) is 4.00. The van der Waals surface area contributed by atoms with Crippen LogP contribution in [0.4, 0.5) is 5.69 Å². The van der Waals surface area contributed by atoms with Gasteiger partial charge in [0.15, 0.2) is 0 Å². The number of likely N-dealkylation sites (N-methyl/N-ethyl adjacent to an activating group) is 1. The summed E-state index contributed by atoms with van der Waals surface area (Å²) in [6, 6.07) is 7.03. The zero-order valence-electron chi connectivity index (χ0n) is 11.2. The fourth-order valence-electron chi connectivity index (χ4n) is 4.27. The van der Waals surface area contributed by atoms with Crippen LogP contribution >= 0.6 is 0 Å². The third-order valence-corrected chi connectivity index (χ3v) is 5.15. The van der Waals surface area contributed by atoms with E-state index in [1.165, 1.54) is 45.4 Å². The summed E-state index contributed by atoms with van der Waals surface area (Å²) in [5.41, 5.74) is 4.86. The fourth-order valence-corrected chi connectivity index (χ4v) is 4.27. The molecule has 1 saturated heterocycles. The van der Waals surface area contributed by atoms with Crippen molar-refractivity contribution in [2.24, 2.45) is 5.92 Å². The van der Waals surface area contributed by atoms with Gasteiger partial charge in [-0.2, -0.15) is 0 Å². The number of piperidine rings is 1. The Balaban J connectivity index is 1.82. The van der Waals surface area contributed by atoms with Crippen molar-refractivity contribution in [2.45, 2.75) is 25.2 Å². The molecule has 1 fully saturated rings. The summed E-state index contributed by atoms with van der Waals surface area (Å²) in [6.45, 7) is 5.13. The monoisotopic (exact) mass is 242 g/mol. The van der Waals surface area contributed by atoms with E-state index in [-0.39, 0.29) is 0 Å². The molecule has 0 aliphatic carbocycles. The highest BCUT2D eigenvalue weighted by atomic mass is 15.2. The van der Waals surface area contributed by atoms with Gasteiger partial charge >= 0.3 is 0 Å². The van der Waals surface area contributed by atoms with Crippen LogP contribution in [0, 0.1) is 5.92 Å². The highest BCUT2D eigenvalue weighted by Crippen LogP contribution is 2.45. The molecule has 0 amide bonds. The molecule has 2 heteroatoms. The van der Waals surface area contributed by atoms with Gasteiger partial charge in [-0.25, -0.2) is 0 Å². The summed E-state index contributed by atoms with van der Waals surface area (Å²) >= 11 is 0. The Morgan fingerprint density at radius 1 is 1.17 bits per heavy atom. The van der Waals surface area contributed by atoms with Gasteiger partial charge in [-0.05, 0) is 49.9 Å². The predicted octanol–water partition coefficient (Wildman–Crippen LogP) is 2.49.